The average Bonchev–Trinajstić information content (AvgIpc) is 3.29. The molecule has 0 heterocycles. The van der Waals surface area contributed by atoms with E-state index in [-0.39, 0.29) is 34.1 Å². The molecule has 0 saturated carbocycles. The van der Waals surface area contributed by atoms with Gasteiger partial charge in [-0.05, 0) is 0 Å². The first kappa shape index (κ1) is 18.5. The molecule has 2 heteroatoms. The van der Waals surface area contributed by atoms with Gasteiger partial charge in [0.25, 0.3) is 0 Å². The Hall–Kier alpha value is -1.56. The molecule has 0 saturated heterocycles. The summed E-state index contributed by atoms with van der Waals surface area (Å²) in [5.74, 6) is 0. The summed E-state index contributed by atoms with van der Waals surface area (Å²) >= 11 is 0. The van der Waals surface area contributed by atoms with E-state index in [4.69, 9.17) is 0 Å². The van der Waals surface area contributed by atoms with Crippen LogP contribution in [0.1, 0.15) is 0 Å². The fraction of sp³-hybridized carbons (Fsp3) is 0. The molecule has 4 rings (SSSR count). The second kappa shape index (κ2) is 9.45. The van der Waals surface area contributed by atoms with Crippen LogP contribution in [-0.2, 0) is 34.1 Å². The SMILES string of the molecule is [Mn].[Mn].c1cc[c-](-[c-]2[cH-][cH-][cH-][cH-]2)c1.c1cc[c-](-[c-]2cccc2)c1. The zero-order chi connectivity index (χ0) is 13.6. The molecule has 0 fully saturated rings. The minimum Gasteiger partial charge on any atom is -0.565 e. The topological polar surface area (TPSA) is 0 Å². The minimum atomic E-state index is 0. The normalized spacial score (nSPS) is 9.09. The largest absolute Gasteiger partial charge is 0.565 e. The molecule has 0 aliphatic rings. The van der Waals surface area contributed by atoms with E-state index in [9.17, 15) is 0 Å². The molecule has 0 N–H and O–H groups in total. The van der Waals surface area contributed by atoms with E-state index >= 15 is 0 Å². The van der Waals surface area contributed by atoms with E-state index in [2.05, 4.69) is 97.1 Å². The molecule has 0 amide bonds. The maximum absolute atomic E-state index is 2.12. The summed E-state index contributed by atoms with van der Waals surface area (Å²) in [6.45, 7) is 0. The van der Waals surface area contributed by atoms with Gasteiger partial charge in [-0.25, -0.2) is 0 Å². The Balaban J connectivity index is 0.000000202. The van der Waals surface area contributed by atoms with Crippen molar-refractivity contribution in [2.24, 2.45) is 0 Å². The van der Waals surface area contributed by atoms with Gasteiger partial charge in [0, 0.05) is 34.1 Å². The number of hydrogen-bond acceptors (Lipinski definition) is 0. The van der Waals surface area contributed by atoms with Gasteiger partial charge in [0.05, 0.1) is 0 Å². The molecule has 2 radical (unpaired) electrons. The van der Waals surface area contributed by atoms with Gasteiger partial charge in [-0.1, -0.05) is 0 Å². The quantitative estimate of drug-likeness (QED) is 0.321. The van der Waals surface area contributed by atoms with Crippen LogP contribution < -0.4 is 0 Å². The van der Waals surface area contributed by atoms with Gasteiger partial charge >= 0.3 is 0 Å². The predicted molar refractivity (Wildman–Crippen MR) is 86.1 cm³/mol. The Bertz CT molecular complexity index is 553. The fourth-order valence-corrected chi connectivity index (χ4v) is 2.27. The Labute approximate surface area is 153 Å². The number of rotatable bonds is 2. The monoisotopic (exact) mass is 366 g/mol. The summed E-state index contributed by atoms with van der Waals surface area (Å²) in [6, 6.07) is 33.4. The van der Waals surface area contributed by atoms with Crippen LogP contribution >= 0.6 is 0 Å². The van der Waals surface area contributed by atoms with Crippen LogP contribution in [0.2, 0.25) is 0 Å². The molecular weight excluding hydrogens is 350 g/mol. The van der Waals surface area contributed by atoms with E-state index in [1.165, 1.54) is 22.3 Å². The van der Waals surface area contributed by atoms with Crippen molar-refractivity contribution in [3.63, 3.8) is 0 Å². The second-order valence-electron chi connectivity index (χ2n) is 4.69. The molecule has 0 spiro atoms. The van der Waals surface area contributed by atoms with Gasteiger partial charge in [0.1, 0.15) is 0 Å². The van der Waals surface area contributed by atoms with Crippen molar-refractivity contribution in [2.45, 2.75) is 0 Å². The predicted octanol–water partition coefficient (Wildman–Crippen LogP) is 5.58. The van der Waals surface area contributed by atoms with Crippen molar-refractivity contribution in [3.05, 3.63) is 97.1 Å². The van der Waals surface area contributed by atoms with E-state index in [1.807, 2.05) is 0 Å². The summed E-state index contributed by atoms with van der Waals surface area (Å²) in [4.78, 5) is 0. The van der Waals surface area contributed by atoms with Crippen molar-refractivity contribution < 1.29 is 34.1 Å². The van der Waals surface area contributed by atoms with Gasteiger partial charge < -0.3 is 59.7 Å². The molecule has 4 aromatic rings. The van der Waals surface area contributed by atoms with Crippen LogP contribution in [0.5, 0.6) is 0 Å². The average molecular weight is 366 g/mol. The third-order valence-electron chi connectivity index (χ3n) is 3.32. The molecule has 0 atom stereocenters. The Kier molecular flexibility index (Phi) is 7.95. The molecule has 0 aliphatic heterocycles. The van der Waals surface area contributed by atoms with Crippen LogP contribution in [0.25, 0.3) is 22.3 Å². The zero-order valence-electron chi connectivity index (χ0n) is 12.0. The first-order chi connectivity index (χ1) is 9.93. The molecule has 0 aliphatic carbocycles. The smallest absolute Gasteiger partial charge is 0 e. The van der Waals surface area contributed by atoms with Crippen molar-refractivity contribution in [1.82, 2.24) is 0 Å². The van der Waals surface area contributed by atoms with Crippen LogP contribution in [0.15, 0.2) is 97.1 Å². The molecule has 118 valence electrons. The van der Waals surface area contributed by atoms with Crippen molar-refractivity contribution in [2.75, 3.05) is 0 Å². The summed E-state index contributed by atoms with van der Waals surface area (Å²) in [5.41, 5.74) is 5.24. The standard InChI is InChI=1S/2C10H8.2Mn/c2*1-2-6-9(5-1)10-7-3-4-8-10;;/h2*1-8H;;/q-6;-2;;. The van der Waals surface area contributed by atoms with Crippen molar-refractivity contribution in [3.8, 4) is 22.3 Å². The first-order valence-electron chi connectivity index (χ1n) is 6.81. The van der Waals surface area contributed by atoms with Crippen molar-refractivity contribution >= 4 is 0 Å². The van der Waals surface area contributed by atoms with Crippen LogP contribution in [0, 0.1) is 0 Å². The van der Waals surface area contributed by atoms with Gasteiger partial charge in [0.2, 0.25) is 0 Å². The molecule has 22 heavy (non-hydrogen) atoms. The van der Waals surface area contributed by atoms with E-state index in [0.717, 1.165) is 0 Å². The maximum Gasteiger partial charge on any atom is 0 e. The second-order valence-corrected chi connectivity index (χ2v) is 4.69. The van der Waals surface area contributed by atoms with E-state index in [1.54, 1.807) is 0 Å². The van der Waals surface area contributed by atoms with Crippen LogP contribution in [0.4, 0.5) is 0 Å². The third-order valence-corrected chi connectivity index (χ3v) is 3.32. The molecular formula is C20H16Mn2-8. The van der Waals surface area contributed by atoms with Crippen LogP contribution in [0.3, 0.4) is 0 Å². The zero-order valence-corrected chi connectivity index (χ0v) is 14.4. The molecule has 0 nitrogen and oxygen atoms in total. The maximum atomic E-state index is 2.12. The first-order valence-corrected chi connectivity index (χ1v) is 6.81. The van der Waals surface area contributed by atoms with E-state index in [0.29, 0.717) is 0 Å². The van der Waals surface area contributed by atoms with Gasteiger partial charge in [0.15, 0.2) is 0 Å². The third kappa shape index (κ3) is 4.73. The van der Waals surface area contributed by atoms with Gasteiger partial charge in [-0.2, -0.15) is 59.7 Å². The fourth-order valence-electron chi connectivity index (χ4n) is 2.27. The molecule has 0 unspecified atom stereocenters. The van der Waals surface area contributed by atoms with Crippen molar-refractivity contribution in [1.29, 1.82) is 0 Å². The summed E-state index contributed by atoms with van der Waals surface area (Å²) < 4.78 is 0. The summed E-state index contributed by atoms with van der Waals surface area (Å²) in [6.07, 6.45) is 0. The Morgan fingerprint density at radius 3 is 1.14 bits per heavy atom. The molecule has 0 bridgehead atoms. The summed E-state index contributed by atoms with van der Waals surface area (Å²) in [7, 11) is 0. The Morgan fingerprint density at radius 2 is 0.773 bits per heavy atom. The Morgan fingerprint density at radius 1 is 0.455 bits per heavy atom. The molecule has 4 aromatic carbocycles. The number of hydrogen-bond donors (Lipinski definition) is 0. The minimum absolute atomic E-state index is 0. The van der Waals surface area contributed by atoms with E-state index < -0.39 is 0 Å². The van der Waals surface area contributed by atoms with Gasteiger partial charge in [-0.15, -0.1) is 0 Å². The molecule has 0 aromatic heterocycles. The van der Waals surface area contributed by atoms with Gasteiger partial charge in [-0.3, -0.25) is 0 Å². The van der Waals surface area contributed by atoms with Crippen LogP contribution in [-0.4, -0.2) is 0 Å². The summed E-state index contributed by atoms with van der Waals surface area (Å²) in [5, 5.41) is 0.